The lowest BCUT2D eigenvalue weighted by molar-refractivity contribution is 0.201. The van der Waals surface area contributed by atoms with Crippen molar-refractivity contribution in [3.63, 3.8) is 0 Å². The van der Waals surface area contributed by atoms with Gasteiger partial charge in [0.15, 0.2) is 11.5 Å². The molecular weight excluding hydrogens is 418 g/mol. The Morgan fingerprint density at radius 2 is 2.00 bits per heavy atom. The number of hydrogen-bond acceptors (Lipinski definition) is 7. The van der Waals surface area contributed by atoms with Crippen molar-refractivity contribution in [1.29, 1.82) is 0 Å². The zero-order valence-electron chi connectivity index (χ0n) is 16.7. The van der Waals surface area contributed by atoms with Crippen LogP contribution in [0.1, 0.15) is 27.9 Å². The van der Waals surface area contributed by atoms with Gasteiger partial charge in [-0.05, 0) is 52.6 Å². The number of hydrogen-bond donors (Lipinski definition) is 1. The molecule has 4 heterocycles. The van der Waals surface area contributed by atoms with E-state index in [2.05, 4.69) is 39.5 Å². The largest absolute Gasteiger partial charge is 0.493 e. The van der Waals surface area contributed by atoms with Crippen molar-refractivity contribution in [2.45, 2.75) is 19.0 Å². The van der Waals surface area contributed by atoms with Gasteiger partial charge in [-0.15, -0.1) is 22.7 Å². The van der Waals surface area contributed by atoms with Crippen molar-refractivity contribution in [2.24, 2.45) is 0 Å². The molecule has 8 heteroatoms. The average molecular weight is 440 g/mol. The summed E-state index contributed by atoms with van der Waals surface area (Å²) >= 11 is 3.16. The topological polar surface area (TPSA) is 67.5 Å². The summed E-state index contributed by atoms with van der Waals surface area (Å²) in [6.45, 7) is 1.42. The Bertz CT molecular complexity index is 1250. The van der Waals surface area contributed by atoms with Crippen LogP contribution in [0.5, 0.6) is 11.5 Å². The fourth-order valence-electron chi connectivity index (χ4n) is 4.14. The highest BCUT2D eigenvalue weighted by Crippen LogP contribution is 2.42. The summed E-state index contributed by atoms with van der Waals surface area (Å²) in [5, 5.41) is 4.00. The van der Waals surface area contributed by atoms with Crippen molar-refractivity contribution in [1.82, 2.24) is 14.9 Å². The summed E-state index contributed by atoms with van der Waals surface area (Å²) in [6.07, 6.45) is 0.891. The normalized spacial score (nSPS) is 16.5. The number of thiophene rings is 2. The lowest BCUT2D eigenvalue weighted by Crippen LogP contribution is -2.36. The van der Waals surface area contributed by atoms with E-state index in [0.29, 0.717) is 17.1 Å². The van der Waals surface area contributed by atoms with E-state index in [4.69, 9.17) is 14.5 Å². The fraction of sp³-hybridized carbons (Fsp3) is 0.273. The van der Waals surface area contributed by atoms with Crippen molar-refractivity contribution in [2.75, 3.05) is 20.8 Å². The number of nitrogens with zero attached hydrogens (tertiary/aromatic N) is 2. The maximum atomic E-state index is 12.4. The molecular formula is C22H21N3O3S2. The maximum absolute atomic E-state index is 12.4. The van der Waals surface area contributed by atoms with Gasteiger partial charge < -0.3 is 14.5 Å². The second kappa shape index (κ2) is 7.86. The van der Waals surface area contributed by atoms with Crippen molar-refractivity contribution in [3.8, 4) is 11.5 Å². The number of nitrogens with one attached hydrogen (secondary N) is 1. The van der Waals surface area contributed by atoms with Gasteiger partial charge in [0, 0.05) is 11.4 Å². The predicted molar refractivity (Wildman–Crippen MR) is 120 cm³/mol. The predicted octanol–water partition coefficient (Wildman–Crippen LogP) is 4.21. The molecule has 0 bridgehead atoms. The first kappa shape index (κ1) is 19.3. The highest BCUT2D eigenvalue weighted by atomic mass is 32.1. The van der Waals surface area contributed by atoms with E-state index >= 15 is 0 Å². The number of rotatable bonds is 5. The third-order valence-corrected chi connectivity index (χ3v) is 7.33. The van der Waals surface area contributed by atoms with Gasteiger partial charge in [0.05, 0.1) is 32.3 Å². The molecule has 0 radical (unpaired) electrons. The molecule has 3 aromatic heterocycles. The average Bonchev–Trinajstić information content (AvgIpc) is 3.45. The van der Waals surface area contributed by atoms with E-state index in [0.717, 1.165) is 30.0 Å². The first-order valence-electron chi connectivity index (χ1n) is 9.66. The van der Waals surface area contributed by atoms with Gasteiger partial charge in [0.25, 0.3) is 5.56 Å². The molecule has 1 atom stereocenters. The summed E-state index contributed by atoms with van der Waals surface area (Å²) in [5.41, 5.74) is 3.16. The molecule has 154 valence electrons. The van der Waals surface area contributed by atoms with Gasteiger partial charge in [-0.2, -0.15) is 0 Å². The Balaban J connectivity index is 1.57. The second-order valence-corrected chi connectivity index (χ2v) is 9.09. The molecule has 0 spiro atoms. The Labute approximate surface area is 181 Å². The Hall–Kier alpha value is -2.68. The van der Waals surface area contributed by atoms with Crippen LogP contribution >= 0.6 is 22.7 Å². The molecule has 1 aliphatic heterocycles. The zero-order chi connectivity index (χ0) is 20.7. The molecule has 4 aromatic rings. The molecule has 30 heavy (non-hydrogen) atoms. The van der Waals surface area contributed by atoms with Gasteiger partial charge in [0.1, 0.15) is 10.5 Å². The quantitative estimate of drug-likeness (QED) is 0.505. The van der Waals surface area contributed by atoms with Gasteiger partial charge in [-0.1, -0.05) is 6.07 Å². The van der Waals surface area contributed by atoms with E-state index in [9.17, 15) is 4.79 Å². The summed E-state index contributed by atoms with van der Waals surface area (Å²) in [6, 6.07) is 10.4. The van der Waals surface area contributed by atoms with Crippen LogP contribution < -0.4 is 15.0 Å². The minimum Gasteiger partial charge on any atom is -0.493 e. The van der Waals surface area contributed by atoms with Crippen LogP contribution in [0.25, 0.3) is 10.2 Å². The van der Waals surface area contributed by atoms with E-state index in [1.165, 1.54) is 27.3 Å². The molecule has 1 aliphatic rings. The Morgan fingerprint density at radius 3 is 2.77 bits per heavy atom. The minimum atomic E-state index is -0.0681. The molecule has 1 unspecified atom stereocenters. The number of fused-ring (bicyclic) bond motifs is 2. The second-order valence-electron chi connectivity index (χ2n) is 7.19. The first-order valence-corrected chi connectivity index (χ1v) is 11.4. The van der Waals surface area contributed by atoms with Crippen LogP contribution in [-0.2, 0) is 13.0 Å². The standard InChI is InChI=1S/C22H21N3O3S2/c1-27-16-10-13-5-7-25(12-19-23-15-6-9-30-21(15)22(26)24-19)20(18-4-3-8-29-18)14(13)11-17(16)28-2/h3-4,6,8-11,20H,5,7,12H2,1-2H3,(H,23,24,26). The third-order valence-electron chi connectivity index (χ3n) is 5.50. The molecule has 0 aliphatic carbocycles. The smallest absolute Gasteiger partial charge is 0.268 e. The van der Waals surface area contributed by atoms with E-state index in [-0.39, 0.29) is 11.6 Å². The van der Waals surface area contributed by atoms with Crippen molar-refractivity contribution < 1.29 is 9.47 Å². The van der Waals surface area contributed by atoms with E-state index in [1.807, 2.05) is 11.4 Å². The molecule has 0 saturated heterocycles. The Kier molecular flexibility index (Phi) is 5.06. The Morgan fingerprint density at radius 1 is 1.17 bits per heavy atom. The van der Waals surface area contributed by atoms with Gasteiger partial charge in [0.2, 0.25) is 0 Å². The monoisotopic (exact) mass is 439 g/mol. The lowest BCUT2D eigenvalue weighted by Gasteiger charge is -2.37. The summed E-state index contributed by atoms with van der Waals surface area (Å²) in [4.78, 5) is 23.7. The number of aromatic amines is 1. The molecule has 1 N–H and O–H groups in total. The number of H-pyrrole nitrogens is 1. The molecule has 5 rings (SSSR count). The molecule has 1 aromatic carbocycles. The van der Waals surface area contributed by atoms with Gasteiger partial charge >= 0.3 is 0 Å². The van der Waals surface area contributed by atoms with Crippen molar-refractivity contribution >= 4 is 32.9 Å². The van der Waals surface area contributed by atoms with Crippen LogP contribution in [0.2, 0.25) is 0 Å². The number of benzene rings is 1. The lowest BCUT2D eigenvalue weighted by atomic mass is 9.91. The molecule has 6 nitrogen and oxygen atoms in total. The first-order chi connectivity index (χ1) is 14.7. The van der Waals surface area contributed by atoms with Crippen LogP contribution in [0.3, 0.4) is 0 Å². The fourth-order valence-corrected chi connectivity index (χ4v) is 5.74. The van der Waals surface area contributed by atoms with E-state index in [1.54, 1.807) is 25.6 Å². The van der Waals surface area contributed by atoms with Crippen LogP contribution in [0.15, 0.2) is 45.9 Å². The van der Waals surface area contributed by atoms with Crippen LogP contribution in [0.4, 0.5) is 0 Å². The summed E-state index contributed by atoms with van der Waals surface area (Å²) in [5.74, 6) is 2.17. The summed E-state index contributed by atoms with van der Waals surface area (Å²) < 4.78 is 11.8. The highest BCUT2D eigenvalue weighted by molar-refractivity contribution is 7.17. The summed E-state index contributed by atoms with van der Waals surface area (Å²) in [7, 11) is 3.33. The maximum Gasteiger partial charge on any atom is 0.268 e. The SMILES string of the molecule is COc1cc2c(cc1OC)C(c1cccs1)N(Cc1nc3ccsc3c(=O)[nH]1)CC2. The van der Waals surface area contributed by atoms with E-state index < -0.39 is 0 Å². The number of ether oxygens (including phenoxy) is 2. The number of aromatic nitrogens is 2. The van der Waals surface area contributed by atoms with Crippen LogP contribution in [-0.4, -0.2) is 35.6 Å². The highest BCUT2D eigenvalue weighted by Gasteiger charge is 2.31. The molecule has 0 fully saturated rings. The molecule has 0 saturated carbocycles. The third kappa shape index (κ3) is 3.30. The number of methoxy groups -OCH3 is 2. The zero-order valence-corrected chi connectivity index (χ0v) is 18.3. The van der Waals surface area contributed by atoms with Gasteiger partial charge in [-0.25, -0.2) is 4.98 Å². The van der Waals surface area contributed by atoms with Gasteiger partial charge in [-0.3, -0.25) is 9.69 Å². The minimum absolute atomic E-state index is 0.0667. The van der Waals surface area contributed by atoms with Crippen molar-refractivity contribution in [3.05, 3.63) is 73.3 Å². The molecule has 0 amide bonds. The van der Waals surface area contributed by atoms with Crippen LogP contribution in [0, 0.1) is 0 Å².